The van der Waals surface area contributed by atoms with E-state index < -0.39 is 12.0 Å². The number of thiophene rings is 1. The summed E-state index contributed by atoms with van der Waals surface area (Å²) in [5.74, 6) is -0.670. The molecule has 8 heteroatoms. The lowest BCUT2D eigenvalue weighted by molar-refractivity contribution is -0.141. The molecule has 0 fully saturated rings. The molecule has 1 aromatic carbocycles. The molecule has 0 saturated heterocycles. The lowest BCUT2D eigenvalue weighted by Gasteiger charge is -2.13. The van der Waals surface area contributed by atoms with E-state index in [1.54, 1.807) is 18.3 Å². The summed E-state index contributed by atoms with van der Waals surface area (Å²) in [6.07, 6.45) is 1.99. The van der Waals surface area contributed by atoms with E-state index in [-0.39, 0.29) is 12.3 Å². The Kier molecular flexibility index (Phi) is 5.97. The Balaban J connectivity index is 1.71. The molecule has 2 aromatic heterocycles. The zero-order valence-corrected chi connectivity index (χ0v) is 15.6. The number of carboxylic acids is 1. The SMILES string of the molecule is CCC(NC(=O)CCNc1ncnc2scc(-c3ccccc3)c12)C(=O)O. The maximum Gasteiger partial charge on any atom is 0.326 e. The quantitative estimate of drug-likeness (QED) is 0.551. The summed E-state index contributed by atoms with van der Waals surface area (Å²) in [4.78, 5) is 32.5. The number of benzene rings is 1. The van der Waals surface area contributed by atoms with Crippen LogP contribution in [0.3, 0.4) is 0 Å². The van der Waals surface area contributed by atoms with E-state index in [1.807, 2.05) is 35.7 Å². The second kappa shape index (κ2) is 8.59. The maximum atomic E-state index is 12.0. The average molecular weight is 384 g/mol. The molecule has 1 unspecified atom stereocenters. The highest BCUT2D eigenvalue weighted by Gasteiger charge is 2.17. The van der Waals surface area contributed by atoms with Crippen LogP contribution in [0.15, 0.2) is 42.0 Å². The van der Waals surface area contributed by atoms with Crippen molar-refractivity contribution in [1.82, 2.24) is 15.3 Å². The van der Waals surface area contributed by atoms with Crippen molar-refractivity contribution in [2.75, 3.05) is 11.9 Å². The van der Waals surface area contributed by atoms with Crippen LogP contribution in [-0.4, -0.2) is 39.5 Å². The van der Waals surface area contributed by atoms with Crippen LogP contribution in [0.5, 0.6) is 0 Å². The van der Waals surface area contributed by atoms with Crippen LogP contribution < -0.4 is 10.6 Å². The third-order valence-corrected chi connectivity index (χ3v) is 5.03. The minimum atomic E-state index is -1.03. The first-order valence-corrected chi connectivity index (χ1v) is 9.51. The zero-order chi connectivity index (χ0) is 19.2. The third kappa shape index (κ3) is 4.40. The molecule has 2 heterocycles. The number of carbonyl (C=O) groups is 2. The van der Waals surface area contributed by atoms with E-state index in [0.29, 0.717) is 18.8 Å². The van der Waals surface area contributed by atoms with E-state index in [9.17, 15) is 9.59 Å². The molecule has 0 saturated carbocycles. The number of nitrogens with zero attached hydrogens (tertiary/aromatic N) is 2. The molecule has 7 nitrogen and oxygen atoms in total. The van der Waals surface area contributed by atoms with Crippen LogP contribution in [0.25, 0.3) is 21.3 Å². The van der Waals surface area contributed by atoms with Gasteiger partial charge in [-0.1, -0.05) is 37.3 Å². The largest absolute Gasteiger partial charge is 0.480 e. The monoisotopic (exact) mass is 384 g/mol. The first kappa shape index (κ1) is 18.8. The van der Waals surface area contributed by atoms with Gasteiger partial charge in [0.15, 0.2) is 0 Å². The number of fused-ring (bicyclic) bond motifs is 1. The minimum absolute atomic E-state index is 0.153. The normalized spacial score (nSPS) is 11.9. The van der Waals surface area contributed by atoms with Gasteiger partial charge in [0.2, 0.25) is 5.91 Å². The van der Waals surface area contributed by atoms with Gasteiger partial charge in [-0.05, 0) is 12.0 Å². The van der Waals surface area contributed by atoms with E-state index in [0.717, 1.165) is 21.3 Å². The number of carbonyl (C=O) groups excluding carboxylic acids is 1. The lowest BCUT2D eigenvalue weighted by atomic mass is 10.1. The molecule has 1 amide bonds. The van der Waals surface area contributed by atoms with Crippen LogP contribution in [0.1, 0.15) is 19.8 Å². The van der Waals surface area contributed by atoms with E-state index in [1.165, 1.54) is 6.33 Å². The van der Waals surface area contributed by atoms with Gasteiger partial charge in [0.25, 0.3) is 0 Å². The highest BCUT2D eigenvalue weighted by atomic mass is 32.1. The maximum absolute atomic E-state index is 12.0. The molecular weight excluding hydrogens is 364 g/mol. The first-order chi connectivity index (χ1) is 13.1. The van der Waals surface area contributed by atoms with Gasteiger partial charge in [0.05, 0.1) is 5.39 Å². The van der Waals surface area contributed by atoms with Gasteiger partial charge in [-0.25, -0.2) is 14.8 Å². The van der Waals surface area contributed by atoms with Crippen molar-refractivity contribution < 1.29 is 14.7 Å². The van der Waals surface area contributed by atoms with Crippen LogP contribution >= 0.6 is 11.3 Å². The molecule has 0 radical (unpaired) electrons. The highest BCUT2D eigenvalue weighted by molar-refractivity contribution is 7.17. The van der Waals surface area contributed by atoms with Gasteiger partial charge < -0.3 is 15.7 Å². The minimum Gasteiger partial charge on any atom is -0.480 e. The van der Waals surface area contributed by atoms with Crippen LogP contribution in [0, 0.1) is 0 Å². The summed E-state index contributed by atoms with van der Waals surface area (Å²) >= 11 is 1.54. The number of nitrogens with one attached hydrogen (secondary N) is 2. The fraction of sp³-hybridized carbons (Fsp3) is 0.263. The predicted octanol–water partition coefficient (Wildman–Crippen LogP) is 3.14. The number of hydrogen-bond acceptors (Lipinski definition) is 6. The fourth-order valence-corrected chi connectivity index (χ4v) is 3.65. The molecule has 0 bridgehead atoms. The summed E-state index contributed by atoms with van der Waals surface area (Å²) < 4.78 is 0. The number of aromatic nitrogens is 2. The van der Waals surface area contributed by atoms with E-state index in [4.69, 9.17) is 5.11 Å². The standard InChI is InChI=1S/C19H20N4O3S/c1-2-14(19(25)26)23-15(24)8-9-20-17-16-13(12-6-4-3-5-7-12)10-27-18(16)22-11-21-17/h3-7,10-11,14H,2,8-9H2,1H3,(H,23,24)(H,25,26)(H,20,21,22). The van der Waals surface area contributed by atoms with Gasteiger partial charge in [-0.2, -0.15) is 0 Å². The van der Waals surface area contributed by atoms with Crippen molar-refractivity contribution in [3.8, 4) is 11.1 Å². The molecule has 3 aromatic rings. The van der Waals surface area contributed by atoms with Crippen LogP contribution in [-0.2, 0) is 9.59 Å². The average Bonchev–Trinajstić information content (AvgIpc) is 3.11. The van der Waals surface area contributed by atoms with Crippen molar-refractivity contribution in [3.63, 3.8) is 0 Å². The molecule has 27 heavy (non-hydrogen) atoms. The molecule has 0 aliphatic heterocycles. The van der Waals surface area contributed by atoms with Crippen molar-refractivity contribution in [3.05, 3.63) is 42.0 Å². The Labute approximate surface area is 160 Å². The Morgan fingerprint density at radius 2 is 2.00 bits per heavy atom. The lowest BCUT2D eigenvalue weighted by Crippen LogP contribution is -2.40. The van der Waals surface area contributed by atoms with Crippen LogP contribution in [0.2, 0.25) is 0 Å². The molecule has 140 valence electrons. The van der Waals surface area contributed by atoms with Crippen LogP contribution in [0.4, 0.5) is 5.82 Å². The molecule has 0 spiro atoms. The number of rotatable bonds is 8. The van der Waals surface area contributed by atoms with Crippen molar-refractivity contribution >= 4 is 39.2 Å². The number of aliphatic carboxylic acids is 1. The first-order valence-electron chi connectivity index (χ1n) is 8.63. The summed E-state index contributed by atoms with van der Waals surface area (Å²) in [6, 6.07) is 9.13. The number of carboxylic acid groups (broad SMARTS) is 1. The molecule has 0 aliphatic rings. The van der Waals surface area contributed by atoms with Gasteiger partial charge in [-0.3, -0.25) is 4.79 Å². The van der Waals surface area contributed by atoms with Crippen molar-refractivity contribution in [1.29, 1.82) is 0 Å². The van der Waals surface area contributed by atoms with E-state index in [2.05, 4.69) is 20.6 Å². The predicted molar refractivity (Wildman–Crippen MR) is 106 cm³/mol. The second-order valence-electron chi connectivity index (χ2n) is 5.96. The Bertz CT molecular complexity index is 943. The zero-order valence-electron chi connectivity index (χ0n) is 14.8. The molecule has 1 atom stereocenters. The second-order valence-corrected chi connectivity index (χ2v) is 6.82. The summed E-state index contributed by atoms with van der Waals surface area (Å²) in [7, 11) is 0. The van der Waals surface area contributed by atoms with Gasteiger partial charge in [-0.15, -0.1) is 11.3 Å². The molecule has 0 aliphatic carbocycles. The van der Waals surface area contributed by atoms with E-state index >= 15 is 0 Å². The Morgan fingerprint density at radius 3 is 2.70 bits per heavy atom. The van der Waals surface area contributed by atoms with Crippen molar-refractivity contribution in [2.45, 2.75) is 25.8 Å². The summed E-state index contributed by atoms with van der Waals surface area (Å²) in [5.41, 5.74) is 2.12. The third-order valence-electron chi connectivity index (χ3n) is 4.14. The molecule has 3 rings (SSSR count). The number of anilines is 1. The summed E-state index contributed by atoms with van der Waals surface area (Å²) in [5, 5.41) is 17.7. The molecule has 3 N–H and O–H groups in total. The smallest absolute Gasteiger partial charge is 0.326 e. The molecular formula is C19H20N4O3S. The Morgan fingerprint density at radius 1 is 1.22 bits per heavy atom. The number of hydrogen-bond donors (Lipinski definition) is 3. The highest BCUT2D eigenvalue weighted by Crippen LogP contribution is 2.36. The number of amides is 1. The fourth-order valence-electron chi connectivity index (χ4n) is 2.74. The summed E-state index contributed by atoms with van der Waals surface area (Å²) in [6.45, 7) is 2.06. The van der Waals surface area contributed by atoms with Gasteiger partial charge in [0, 0.05) is 23.9 Å². The topological polar surface area (TPSA) is 104 Å². The Hall–Kier alpha value is -3.00. The van der Waals surface area contributed by atoms with Crippen molar-refractivity contribution in [2.24, 2.45) is 0 Å². The van der Waals surface area contributed by atoms with Gasteiger partial charge >= 0.3 is 5.97 Å². The van der Waals surface area contributed by atoms with Gasteiger partial charge in [0.1, 0.15) is 23.0 Å².